The van der Waals surface area contributed by atoms with Gasteiger partial charge in [0, 0.05) is 0 Å². The van der Waals surface area contributed by atoms with Gasteiger partial charge in [0.15, 0.2) is 0 Å². The van der Waals surface area contributed by atoms with Crippen molar-refractivity contribution in [3.8, 4) is 16.9 Å². The van der Waals surface area contributed by atoms with E-state index in [9.17, 15) is 14.3 Å². The van der Waals surface area contributed by atoms with E-state index in [0.29, 0.717) is 30.8 Å². The second kappa shape index (κ2) is 7.47. The third kappa shape index (κ3) is 3.63. The summed E-state index contributed by atoms with van der Waals surface area (Å²) < 4.78 is 18.8. The summed E-state index contributed by atoms with van der Waals surface area (Å²) in [6.07, 6.45) is 1.26. The number of alkyl halides is 1. The Kier molecular flexibility index (Phi) is 4.86. The molecule has 0 saturated heterocycles. The molecule has 0 unspecified atom stereocenters. The summed E-state index contributed by atoms with van der Waals surface area (Å²) in [6.45, 7) is -0.0987. The Morgan fingerprint density at radius 3 is 2.25 bits per heavy atom. The minimum absolute atomic E-state index is 0.407. The predicted molar refractivity (Wildman–Crippen MR) is 106 cm³/mol. The molecule has 4 rings (SSSR count). The summed E-state index contributed by atoms with van der Waals surface area (Å²) in [4.78, 5) is 11.8. The molecule has 3 aromatic rings. The Bertz CT molecular complexity index is 976. The fourth-order valence-corrected chi connectivity index (χ4v) is 3.40. The summed E-state index contributed by atoms with van der Waals surface area (Å²) in [7, 11) is 0. The molecule has 4 heteroatoms. The molecule has 1 aliphatic rings. The summed E-state index contributed by atoms with van der Waals surface area (Å²) >= 11 is 0. The number of ether oxygens (including phenoxy) is 1. The molecule has 1 fully saturated rings. The second-order valence-corrected chi connectivity index (χ2v) is 7.24. The Hall–Kier alpha value is -3.14. The van der Waals surface area contributed by atoms with Gasteiger partial charge in [0.25, 0.3) is 0 Å². The van der Waals surface area contributed by atoms with Gasteiger partial charge < -0.3 is 9.84 Å². The topological polar surface area (TPSA) is 46.5 Å². The molecule has 142 valence electrons. The molecule has 0 aliphatic heterocycles. The highest BCUT2D eigenvalue weighted by molar-refractivity contribution is 5.86. The highest BCUT2D eigenvalue weighted by Gasteiger charge is 2.52. The molecule has 1 saturated carbocycles. The number of rotatable bonds is 7. The van der Waals surface area contributed by atoms with E-state index in [4.69, 9.17) is 4.74 Å². The molecule has 0 heterocycles. The lowest BCUT2D eigenvalue weighted by Crippen LogP contribution is -2.19. The van der Waals surface area contributed by atoms with E-state index in [1.54, 1.807) is 12.1 Å². The quantitative estimate of drug-likeness (QED) is 0.591. The van der Waals surface area contributed by atoms with Crippen molar-refractivity contribution >= 4 is 5.97 Å². The van der Waals surface area contributed by atoms with Gasteiger partial charge in [-0.2, -0.15) is 0 Å². The highest BCUT2D eigenvalue weighted by Crippen LogP contribution is 2.50. The fraction of sp³-hybridized carbons (Fsp3) is 0.208. The zero-order chi connectivity index (χ0) is 19.6. The van der Waals surface area contributed by atoms with Crippen molar-refractivity contribution < 1.29 is 19.0 Å². The maximum Gasteiger partial charge on any atom is 0.314 e. The van der Waals surface area contributed by atoms with Crippen LogP contribution in [0.4, 0.5) is 4.39 Å². The minimum atomic E-state index is -0.820. The smallest absolute Gasteiger partial charge is 0.314 e. The lowest BCUT2D eigenvalue weighted by Gasteiger charge is -2.16. The van der Waals surface area contributed by atoms with Gasteiger partial charge in [-0.3, -0.25) is 4.79 Å². The molecule has 0 radical (unpaired) electrons. The van der Waals surface area contributed by atoms with Crippen molar-refractivity contribution in [3.63, 3.8) is 0 Å². The van der Waals surface area contributed by atoms with E-state index in [0.717, 1.165) is 22.3 Å². The standard InChI is InChI=1S/C24H21FO3/c25-15-17-6-8-19(9-7-17)20-12-21(24(10-11-24)23(26)27)14-22(13-20)28-16-18-4-2-1-3-5-18/h1-9,12-14H,10-11,15-16H2,(H,26,27). The van der Waals surface area contributed by atoms with Gasteiger partial charge in [0.1, 0.15) is 19.0 Å². The Morgan fingerprint density at radius 1 is 0.929 bits per heavy atom. The zero-order valence-corrected chi connectivity index (χ0v) is 15.4. The third-order valence-electron chi connectivity index (χ3n) is 5.31. The third-order valence-corrected chi connectivity index (χ3v) is 5.31. The highest BCUT2D eigenvalue weighted by atomic mass is 19.1. The van der Waals surface area contributed by atoms with Crippen molar-refractivity contribution in [2.75, 3.05) is 0 Å². The molecule has 0 atom stereocenters. The number of carboxylic acid groups (broad SMARTS) is 1. The first-order valence-corrected chi connectivity index (χ1v) is 9.32. The van der Waals surface area contributed by atoms with Crippen molar-refractivity contribution in [2.24, 2.45) is 0 Å². The van der Waals surface area contributed by atoms with Crippen LogP contribution in [0.1, 0.15) is 29.5 Å². The van der Waals surface area contributed by atoms with Gasteiger partial charge in [0.2, 0.25) is 0 Å². The van der Waals surface area contributed by atoms with Crippen LogP contribution in [-0.2, 0) is 23.5 Å². The summed E-state index contributed by atoms with van der Waals surface area (Å²) in [5, 5.41) is 9.70. The first kappa shape index (κ1) is 18.2. The SMILES string of the molecule is O=C(O)C1(c2cc(OCc3ccccc3)cc(-c3ccc(CF)cc3)c2)CC1. The molecule has 1 N–H and O–H groups in total. The summed E-state index contributed by atoms with van der Waals surface area (Å²) in [5.74, 6) is -0.162. The maximum atomic E-state index is 12.8. The van der Waals surface area contributed by atoms with Crippen LogP contribution in [0.2, 0.25) is 0 Å². The van der Waals surface area contributed by atoms with Crippen molar-refractivity contribution in [2.45, 2.75) is 31.5 Å². The van der Waals surface area contributed by atoms with Crippen LogP contribution in [-0.4, -0.2) is 11.1 Å². The molecule has 0 aromatic heterocycles. The van der Waals surface area contributed by atoms with Gasteiger partial charge in [-0.25, -0.2) is 4.39 Å². The van der Waals surface area contributed by atoms with Crippen LogP contribution < -0.4 is 4.74 Å². The lowest BCUT2D eigenvalue weighted by atomic mass is 9.92. The molecular weight excluding hydrogens is 355 g/mol. The molecule has 3 nitrogen and oxygen atoms in total. The minimum Gasteiger partial charge on any atom is -0.489 e. The van der Waals surface area contributed by atoms with Crippen LogP contribution in [0.5, 0.6) is 5.75 Å². The first-order valence-electron chi connectivity index (χ1n) is 9.32. The van der Waals surface area contributed by atoms with E-state index in [1.807, 2.05) is 60.7 Å². The number of carbonyl (C=O) groups is 1. The Labute approximate surface area is 163 Å². The van der Waals surface area contributed by atoms with Gasteiger partial charge in [-0.1, -0.05) is 54.6 Å². The van der Waals surface area contributed by atoms with Crippen LogP contribution in [0.15, 0.2) is 72.8 Å². The van der Waals surface area contributed by atoms with Crippen molar-refractivity contribution in [1.29, 1.82) is 0 Å². The monoisotopic (exact) mass is 376 g/mol. The van der Waals surface area contributed by atoms with Crippen LogP contribution >= 0.6 is 0 Å². The Balaban J connectivity index is 1.69. The van der Waals surface area contributed by atoms with Gasteiger partial charge >= 0.3 is 5.97 Å². The van der Waals surface area contributed by atoms with Crippen LogP contribution in [0.3, 0.4) is 0 Å². The molecule has 3 aromatic carbocycles. The molecule has 1 aliphatic carbocycles. The fourth-order valence-electron chi connectivity index (χ4n) is 3.40. The molecular formula is C24H21FO3. The van der Waals surface area contributed by atoms with Gasteiger partial charge in [-0.05, 0) is 58.9 Å². The summed E-state index contributed by atoms with van der Waals surface area (Å²) in [5.41, 5.74) is 3.38. The average molecular weight is 376 g/mol. The summed E-state index contributed by atoms with van der Waals surface area (Å²) in [6, 6.07) is 22.7. The van der Waals surface area contributed by atoms with E-state index >= 15 is 0 Å². The number of halogens is 1. The average Bonchev–Trinajstić information content (AvgIpc) is 3.55. The van der Waals surface area contributed by atoms with E-state index in [-0.39, 0.29) is 0 Å². The van der Waals surface area contributed by atoms with Gasteiger partial charge in [-0.15, -0.1) is 0 Å². The number of hydrogen-bond acceptors (Lipinski definition) is 2. The van der Waals surface area contributed by atoms with Crippen molar-refractivity contribution in [3.05, 3.63) is 89.5 Å². The van der Waals surface area contributed by atoms with Crippen LogP contribution in [0, 0.1) is 0 Å². The lowest BCUT2D eigenvalue weighted by molar-refractivity contribution is -0.140. The second-order valence-electron chi connectivity index (χ2n) is 7.24. The predicted octanol–water partition coefficient (Wildman–Crippen LogP) is 5.52. The molecule has 0 bridgehead atoms. The van der Waals surface area contributed by atoms with Crippen LogP contribution in [0.25, 0.3) is 11.1 Å². The van der Waals surface area contributed by atoms with E-state index in [1.165, 1.54) is 0 Å². The number of aliphatic carboxylic acids is 1. The number of carboxylic acids is 1. The normalized spacial score (nSPS) is 14.5. The van der Waals surface area contributed by atoms with Crippen molar-refractivity contribution in [1.82, 2.24) is 0 Å². The number of hydrogen-bond donors (Lipinski definition) is 1. The Morgan fingerprint density at radius 2 is 1.64 bits per heavy atom. The largest absolute Gasteiger partial charge is 0.489 e. The number of benzene rings is 3. The first-order chi connectivity index (χ1) is 13.6. The maximum absolute atomic E-state index is 12.8. The molecule has 28 heavy (non-hydrogen) atoms. The van der Waals surface area contributed by atoms with E-state index < -0.39 is 18.1 Å². The zero-order valence-electron chi connectivity index (χ0n) is 15.4. The van der Waals surface area contributed by atoms with Gasteiger partial charge in [0.05, 0.1) is 5.41 Å². The van der Waals surface area contributed by atoms with E-state index in [2.05, 4.69) is 0 Å². The molecule has 0 amide bonds. The molecule has 0 spiro atoms.